The number of aryl methyl sites for hydroxylation is 3. The predicted octanol–water partition coefficient (Wildman–Crippen LogP) is 9.80. The number of anilines is 2. The molecular weight excluding hydrogens is 588 g/mol. The Balaban J connectivity index is 0.00000116. The third-order valence-electron chi connectivity index (χ3n) is 7.44. The van der Waals surface area contributed by atoms with Crippen LogP contribution in [0.2, 0.25) is 0 Å². The quantitative estimate of drug-likeness (QED) is 0.127. The fraction of sp³-hybridized carbons (Fsp3) is 0.528. The van der Waals surface area contributed by atoms with E-state index >= 15 is 0 Å². The lowest BCUT2D eigenvalue weighted by Gasteiger charge is -2.32. The first-order valence-electron chi connectivity index (χ1n) is 16.7. The van der Waals surface area contributed by atoms with E-state index in [-0.39, 0.29) is 5.56 Å². The van der Waals surface area contributed by atoms with Gasteiger partial charge in [-0.05, 0) is 55.5 Å². The molecule has 254 valence electrons. The lowest BCUT2D eigenvalue weighted by Crippen LogP contribution is -2.26. The number of unbranched alkanes of at least 4 members (excludes halogenated alkanes) is 2. The van der Waals surface area contributed by atoms with Gasteiger partial charge < -0.3 is 18.9 Å². The van der Waals surface area contributed by atoms with E-state index in [1.165, 1.54) is 7.11 Å². The van der Waals surface area contributed by atoms with Crippen molar-refractivity contribution in [2.75, 3.05) is 25.2 Å². The van der Waals surface area contributed by atoms with Crippen LogP contribution in [0.15, 0.2) is 36.8 Å². The number of methoxy groups -OCH3 is 1. The number of ether oxygens (including phenoxy) is 2. The highest BCUT2D eigenvalue weighted by molar-refractivity contribution is 6.05. The van der Waals surface area contributed by atoms with Gasteiger partial charge in [-0.3, -0.25) is 4.68 Å². The average molecular weight is 642 g/mol. The number of carbonyl (C=O) groups is 1. The van der Waals surface area contributed by atoms with E-state index in [1.54, 1.807) is 36.4 Å². The Labute approximate surface area is 273 Å². The van der Waals surface area contributed by atoms with Gasteiger partial charge >= 0.3 is 5.97 Å². The number of esters is 1. The van der Waals surface area contributed by atoms with Crippen molar-refractivity contribution >= 4 is 28.4 Å². The molecule has 0 aliphatic carbocycles. The summed E-state index contributed by atoms with van der Waals surface area (Å²) >= 11 is 0. The van der Waals surface area contributed by atoms with Crippen molar-refractivity contribution in [3.63, 3.8) is 0 Å². The molecule has 3 aromatic heterocycles. The van der Waals surface area contributed by atoms with Gasteiger partial charge in [-0.25, -0.2) is 18.6 Å². The molecule has 0 saturated carbocycles. The lowest BCUT2D eigenvalue weighted by molar-refractivity contribution is 0.0599. The molecular formula is C36H53F2N5O3. The zero-order valence-corrected chi connectivity index (χ0v) is 29.4. The Bertz CT molecular complexity index is 1530. The first kappa shape index (κ1) is 38.4. The number of hydrogen-bond donors (Lipinski definition) is 0. The molecule has 0 radical (unpaired) electrons. The number of rotatable bonds is 10. The van der Waals surface area contributed by atoms with E-state index in [9.17, 15) is 13.6 Å². The van der Waals surface area contributed by atoms with E-state index < -0.39 is 12.4 Å². The minimum absolute atomic E-state index is 0.0434. The largest absolute Gasteiger partial charge is 0.465 e. The topological polar surface area (TPSA) is 74.4 Å². The van der Waals surface area contributed by atoms with Gasteiger partial charge in [-0.15, -0.1) is 0 Å². The van der Waals surface area contributed by atoms with Gasteiger partial charge in [0.05, 0.1) is 30.1 Å². The maximum atomic E-state index is 14.3. The maximum Gasteiger partial charge on any atom is 0.340 e. The normalized spacial score (nSPS) is 12.0. The van der Waals surface area contributed by atoms with Gasteiger partial charge in [-0.1, -0.05) is 61.3 Å². The van der Waals surface area contributed by atoms with Crippen molar-refractivity contribution in [1.82, 2.24) is 19.3 Å². The zero-order valence-electron chi connectivity index (χ0n) is 29.4. The zero-order chi connectivity index (χ0) is 34.4. The van der Waals surface area contributed by atoms with Crippen LogP contribution in [0.4, 0.5) is 20.3 Å². The van der Waals surface area contributed by atoms with Crippen LogP contribution in [0.1, 0.15) is 108 Å². The third kappa shape index (κ3) is 8.72. The standard InChI is InChI=1S/C30H35F2N5O3.3C2H6/c1-5-6-7-11-40-18-36-17-25(30(38)39-4)23-14-27(34-19(2)28(23)36)37-10-8-9-20-12-22(21-15-33-35(3)16-21)24(29(31)32)13-26(20)37;3*1-2/h12-17,29H,5-11,18H2,1-4H3;3*1-2H3. The van der Waals surface area contributed by atoms with Crippen LogP contribution in [-0.2, 0) is 29.7 Å². The summed E-state index contributed by atoms with van der Waals surface area (Å²) in [5.74, 6) is 0.151. The highest BCUT2D eigenvalue weighted by atomic mass is 19.3. The molecule has 4 heterocycles. The molecule has 0 saturated heterocycles. The van der Waals surface area contributed by atoms with Gasteiger partial charge in [0.15, 0.2) is 0 Å². The second-order valence-electron chi connectivity index (χ2n) is 10.2. The Morgan fingerprint density at radius 3 is 2.37 bits per heavy atom. The molecule has 0 bridgehead atoms. The molecule has 0 atom stereocenters. The van der Waals surface area contributed by atoms with Crippen LogP contribution in [0, 0.1) is 6.92 Å². The summed E-state index contributed by atoms with van der Waals surface area (Å²) < 4.78 is 43.1. The summed E-state index contributed by atoms with van der Waals surface area (Å²) in [6.07, 6.45) is 7.23. The van der Waals surface area contributed by atoms with Crippen LogP contribution in [0.5, 0.6) is 0 Å². The summed E-state index contributed by atoms with van der Waals surface area (Å²) in [6, 6.07) is 5.30. The summed E-state index contributed by atoms with van der Waals surface area (Å²) in [4.78, 5) is 19.6. The molecule has 8 nitrogen and oxygen atoms in total. The first-order valence-corrected chi connectivity index (χ1v) is 16.7. The number of benzene rings is 1. The van der Waals surface area contributed by atoms with E-state index in [0.717, 1.165) is 43.2 Å². The molecule has 0 unspecified atom stereocenters. The molecule has 5 rings (SSSR count). The molecule has 0 N–H and O–H groups in total. The molecule has 10 heteroatoms. The summed E-state index contributed by atoms with van der Waals surface area (Å²) in [6.45, 7) is 17.6. The molecule has 0 fully saturated rings. The van der Waals surface area contributed by atoms with Gasteiger partial charge in [0.1, 0.15) is 12.5 Å². The number of alkyl halides is 2. The van der Waals surface area contributed by atoms with Gasteiger partial charge in [0.2, 0.25) is 0 Å². The average Bonchev–Trinajstić information content (AvgIpc) is 3.69. The Morgan fingerprint density at radius 1 is 1.04 bits per heavy atom. The lowest BCUT2D eigenvalue weighted by atomic mass is 9.93. The summed E-state index contributed by atoms with van der Waals surface area (Å²) in [5.41, 5.74) is 4.71. The number of aromatic nitrogens is 4. The SMILES string of the molecule is CC.CC.CC.CCCCCOCn1cc(C(=O)OC)c2cc(N3CCCc4cc(-c5cnn(C)c5)c(C(F)F)cc43)nc(C)c21. The minimum Gasteiger partial charge on any atom is -0.465 e. The highest BCUT2D eigenvalue weighted by Gasteiger charge is 2.27. The first-order chi connectivity index (χ1) is 22.3. The number of hydrogen-bond acceptors (Lipinski definition) is 6. The fourth-order valence-corrected chi connectivity index (χ4v) is 5.51. The van der Waals surface area contributed by atoms with E-state index in [0.29, 0.717) is 59.2 Å². The van der Waals surface area contributed by atoms with Crippen molar-refractivity contribution in [3.05, 3.63) is 59.2 Å². The number of nitrogens with zero attached hydrogens (tertiary/aromatic N) is 5. The summed E-state index contributed by atoms with van der Waals surface area (Å²) in [5, 5.41) is 4.87. The van der Waals surface area contributed by atoms with Crippen LogP contribution in [0.25, 0.3) is 22.0 Å². The van der Waals surface area contributed by atoms with E-state index in [2.05, 4.69) is 12.0 Å². The van der Waals surface area contributed by atoms with Crippen LogP contribution < -0.4 is 4.90 Å². The van der Waals surface area contributed by atoms with Crippen LogP contribution in [0.3, 0.4) is 0 Å². The second-order valence-corrected chi connectivity index (χ2v) is 10.2. The molecule has 1 aromatic carbocycles. The summed E-state index contributed by atoms with van der Waals surface area (Å²) in [7, 11) is 3.12. The molecule has 1 aliphatic heterocycles. The predicted molar refractivity (Wildman–Crippen MR) is 184 cm³/mol. The Morgan fingerprint density at radius 2 is 1.76 bits per heavy atom. The second kappa shape index (κ2) is 19.0. The van der Waals surface area contributed by atoms with Crippen molar-refractivity contribution in [3.8, 4) is 11.1 Å². The Kier molecular flexibility index (Phi) is 15.9. The molecule has 0 amide bonds. The van der Waals surface area contributed by atoms with Gasteiger partial charge in [0.25, 0.3) is 6.43 Å². The number of halogens is 2. The van der Waals surface area contributed by atoms with Crippen molar-refractivity contribution < 1.29 is 23.0 Å². The third-order valence-corrected chi connectivity index (χ3v) is 7.44. The monoisotopic (exact) mass is 641 g/mol. The number of pyridine rings is 1. The van der Waals surface area contributed by atoms with Crippen LogP contribution in [-0.4, -0.2) is 45.6 Å². The fourth-order valence-electron chi connectivity index (χ4n) is 5.51. The Hall–Kier alpha value is -3.79. The van der Waals surface area contributed by atoms with Crippen molar-refractivity contribution in [1.29, 1.82) is 0 Å². The number of fused-ring (bicyclic) bond motifs is 2. The van der Waals surface area contributed by atoms with Crippen LogP contribution >= 0.6 is 0 Å². The van der Waals surface area contributed by atoms with Crippen molar-refractivity contribution in [2.24, 2.45) is 7.05 Å². The molecule has 1 aliphatic rings. The van der Waals surface area contributed by atoms with E-state index in [4.69, 9.17) is 14.5 Å². The van der Waals surface area contributed by atoms with Gasteiger partial charge in [0, 0.05) is 54.8 Å². The maximum absolute atomic E-state index is 14.3. The molecule has 4 aromatic rings. The molecule has 46 heavy (non-hydrogen) atoms. The smallest absolute Gasteiger partial charge is 0.340 e. The highest BCUT2D eigenvalue weighted by Crippen LogP contribution is 2.41. The number of carbonyl (C=O) groups excluding carboxylic acids is 1. The van der Waals surface area contributed by atoms with Gasteiger partial charge in [-0.2, -0.15) is 5.10 Å². The minimum atomic E-state index is -2.65. The van der Waals surface area contributed by atoms with E-state index in [1.807, 2.05) is 70.1 Å². The van der Waals surface area contributed by atoms with Crippen molar-refractivity contribution in [2.45, 2.75) is 101 Å². The molecule has 0 spiro atoms.